The normalized spacial score (nSPS) is 12.7. The third-order valence-electron chi connectivity index (χ3n) is 3.15. The first kappa shape index (κ1) is 14.6. The Balaban J connectivity index is 2.22. The number of carbonyl (C=O) groups is 1. The number of hydrogen-bond acceptors (Lipinski definition) is 2. The zero-order valence-corrected chi connectivity index (χ0v) is 12.9. The van der Waals surface area contributed by atoms with Crippen molar-refractivity contribution in [2.75, 3.05) is 0 Å². The maximum atomic E-state index is 12.5. The van der Waals surface area contributed by atoms with Crippen LogP contribution in [0.1, 0.15) is 51.4 Å². The minimum Gasteiger partial charge on any atom is -0.347 e. The number of hydrogen-bond donors (Lipinski definition) is 2. The first-order chi connectivity index (χ1) is 9.18. The van der Waals surface area contributed by atoms with Gasteiger partial charge in [0.2, 0.25) is 0 Å². The van der Waals surface area contributed by atoms with Gasteiger partial charge in [-0.1, -0.05) is 26.8 Å². The standard InChI is InChI=1S/C16H23N3O/c1-15(2,3)10-16(4,5)18-14(20)11-7-6-8-13-12(11)9-17-19-13/h6-9H,10H2,1-5H3,(H,17,19)(H,18,20). The smallest absolute Gasteiger partial charge is 0.252 e. The fourth-order valence-electron chi connectivity index (χ4n) is 2.91. The number of aromatic nitrogens is 2. The Bertz CT molecular complexity index is 620. The van der Waals surface area contributed by atoms with Crippen molar-refractivity contribution in [3.63, 3.8) is 0 Å². The topological polar surface area (TPSA) is 57.8 Å². The molecule has 2 N–H and O–H groups in total. The molecule has 0 radical (unpaired) electrons. The highest BCUT2D eigenvalue weighted by molar-refractivity contribution is 6.06. The lowest BCUT2D eigenvalue weighted by atomic mass is 9.81. The highest BCUT2D eigenvalue weighted by Crippen LogP contribution is 2.27. The maximum absolute atomic E-state index is 12.5. The summed E-state index contributed by atoms with van der Waals surface area (Å²) in [5, 5.41) is 10.9. The average Bonchev–Trinajstić information content (AvgIpc) is 2.71. The molecule has 0 saturated heterocycles. The summed E-state index contributed by atoms with van der Waals surface area (Å²) in [7, 11) is 0. The van der Waals surface area contributed by atoms with Crippen LogP contribution in [0.25, 0.3) is 10.9 Å². The van der Waals surface area contributed by atoms with Crippen molar-refractivity contribution in [3.05, 3.63) is 30.0 Å². The van der Waals surface area contributed by atoms with E-state index >= 15 is 0 Å². The Morgan fingerprint density at radius 2 is 1.95 bits per heavy atom. The van der Waals surface area contributed by atoms with E-state index in [1.165, 1.54) is 0 Å². The maximum Gasteiger partial charge on any atom is 0.252 e. The molecule has 0 saturated carbocycles. The van der Waals surface area contributed by atoms with Crippen molar-refractivity contribution in [1.82, 2.24) is 15.5 Å². The monoisotopic (exact) mass is 273 g/mol. The molecule has 1 amide bonds. The summed E-state index contributed by atoms with van der Waals surface area (Å²) >= 11 is 0. The lowest BCUT2D eigenvalue weighted by Gasteiger charge is -2.33. The third-order valence-corrected chi connectivity index (χ3v) is 3.15. The zero-order valence-electron chi connectivity index (χ0n) is 12.9. The number of rotatable bonds is 3. The summed E-state index contributed by atoms with van der Waals surface area (Å²) < 4.78 is 0. The van der Waals surface area contributed by atoms with E-state index in [9.17, 15) is 4.79 Å². The number of fused-ring (bicyclic) bond motifs is 1. The van der Waals surface area contributed by atoms with Crippen molar-refractivity contribution >= 4 is 16.8 Å². The van der Waals surface area contributed by atoms with Crippen LogP contribution in [0.15, 0.2) is 24.4 Å². The van der Waals surface area contributed by atoms with Crippen molar-refractivity contribution in [2.24, 2.45) is 5.41 Å². The molecule has 2 aromatic rings. The largest absolute Gasteiger partial charge is 0.347 e. The van der Waals surface area contributed by atoms with Gasteiger partial charge in [-0.3, -0.25) is 9.89 Å². The number of amides is 1. The van der Waals surface area contributed by atoms with Gasteiger partial charge in [0.15, 0.2) is 0 Å². The molecule has 0 aliphatic rings. The molecule has 108 valence electrons. The Kier molecular flexibility index (Phi) is 3.59. The molecule has 1 aromatic heterocycles. The predicted molar refractivity (Wildman–Crippen MR) is 81.7 cm³/mol. The third kappa shape index (κ3) is 3.38. The number of aromatic amines is 1. The van der Waals surface area contributed by atoms with E-state index in [0.717, 1.165) is 17.3 Å². The summed E-state index contributed by atoms with van der Waals surface area (Å²) in [6.45, 7) is 10.7. The van der Waals surface area contributed by atoms with E-state index in [1.807, 2.05) is 18.2 Å². The van der Waals surface area contributed by atoms with Crippen LogP contribution in [0.3, 0.4) is 0 Å². The second-order valence-corrected chi connectivity index (χ2v) is 7.21. The number of benzene rings is 1. The fourth-order valence-corrected chi connectivity index (χ4v) is 2.91. The predicted octanol–water partition coefficient (Wildman–Crippen LogP) is 3.51. The quantitative estimate of drug-likeness (QED) is 0.899. The second kappa shape index (κ2) is 4.93. The van der Waals surface area contributed by atoms with Crippen molar-refractivity contribution in [1.29, 1.82) is 0 Å². The minimum absolute atomic E-state index is 0.0498. The first-order valence-corrected chi connectivity index (χ1v) is 6.93. The highest BCUT2D eigenvalue weighted by Gasteiger charge is 2.27. The molecule has 0 aliphatic heterocycles. The molecule has 0 fully saturated rings. The summed E-state index contributed by atoms with van der Waals surface area (Å²) in [5.41, 5.74) is 1.46. The SMILES string of the molecule is CC(C)(C)CC(C)(C)NC(=O)c1cccc2[nH]ncc12. The number of nitrogens with zero attached hydrogens (tertiary/aromatic N) is 1. The fraction of sp³-hybridized carbons (Fsp3) is 0.500. The molecule has 0 bridgehead atoms. The van der Waals surface area contributed by atoms with Crippen LogP contribution in [0.5, 0.6) is 0 Å². The van der Waals surface area contributed by atoms with Gasteiger partial charge in [-0.05, 0) is 37.8 Å². The Labute approximate surface area is 120 Å². The van der Waals surface area contributed by atoms with Gasteiger partial charge in [0.25, 0.3) is 5.91 Å². The molecule has 20 heavy (non-hydrogen) atoms. The summed E-state index contributed by atoms with van der Waals surface area (Å²) in [6, 6.07) is 5.62. The molecular formula is C16H23N3O. The summed E-state index contributed by atoms with van der Waals surface area (Å²) in [5.74, 6) is -0.0498. The molecule has 0 unspecified atom stereocenters. The average molecular weight is 273 g/mol. The molecule has 2 rings (SSSR count). The van der Waals surface area contributed by atoms with E-state index in [2.05, 4.69) is 50.1 Å². The second-order valence-electron chi connectivity index (χ2n) is 7.21. The Hall–Kier alpha value is -1.84. The van der Waals surface area contributed by atoms with E-state index in [1.54, 1.807) is 6.20 Å². The van der Waals surface area contributed by atoms with Gasteiger partial charge in [-0.2, -0.15) is 5.10 Å². The van der Waals surface area contributed by atoms with Crippen molar-refractivity contribution in [3.8, 4) is 0 Å². The van der Waals surface area contributed by atoms with Crippen LogP contribution in [0, 0.1) is 5.41 Å². The first-order valence-electron chi connectivity index (χ1n) is 6.93. The molecule has 0 aliphatic carbocycles. The highest BCUT2D eigenvalue weighted by atomic mass is 16.1. The van der Waals surface area contributed by atoms with Gasteiger partial charge in [-0.25, -0.2) is 0 Å². The van der Waals surface area contributed by atoms with Crippen molar-refractivity contribution < 1.29 is 4.79 Å². The van der Waals surface area contributed by atoms with Gasteiger partial charge in [0.05, 0.1) is 17.3 Å². The van der Waals surface area contributed by atoms with Crippen LogP contribution >= 0.6 is 0 Å². The van der Waals surface area contributed by atoms with E-state index in [-0.39, 0.29) is 16.9 Å². The lowest BCUT2D eigenvalue weighted by molar-refractivity contribution is 0.0893. The van der Waals surface area contributed by atoms with E-state index < -0.39 is 0 Å². The Morgan fingerprint density at radius 1 is 1.25 bits per heavy atom. The molecule has 1 heterocycles. The van der Waals surface area contributed by atoms with Gasteiger partial charge in [0, 0.05) is 10.9 Å². The van der Waals surface area contributed by atoms with Crippen LogP contribution < -0.4 is 5.32 Å². The van der Waals surface area contributed by atoms with Gasteiger partial charge in [0.1, 0.15) is 0 Å². The molecule has 0 spiro atoms. The van der Waals surface area contributed by atoms with Gasteiger partial charge >= 0.3 is 0 Å². The molecule has 4 heteroatoms. The summed E-state index contributed by atoms with van der Waals surface area (Å²) in [6.07, 6.45) is 2.61. The molecule has 1 aromatic carbocycles. The molecular weight excluding hydrogens is 250 g/mol. The number of H-pyrrole nitrogens is 1. The van der Waals surface area contributed by atoms with E-state index in [0.29, 0.717) is 5.56 Å². The van der Waals surface area contributed by atoms with Crippen LogP contribution in [-0.2, 0) is 0 Å². The molecule has 0 atom stereocenters. The number of carbonyl (C=O) groups excluding carboxylic acids is 1. The van der Waals surface area contributed by atoms with Gasteiger partial charge < -0.3 is 5.32 Å². The van der Waals surface area contributed by atoms with Crippen LogP contribution in [-0.4, -0.2) is 21.6 Å². The summed E-state index contributed by atoms with van der Waals surface area (Å²) in [4.78, 5) is 12.5. The van der Waals surface area contributed by atoms with Crippen LogP contribution in [0.4, 0.5) is 0 Å². The minimum atomic E-state index is -0.249. The zero-order chi connectivity index (χ0) is 15.0. The molecule has 4 nitrogen and oxygen atoms in total. The van der Waals surface area contributed by atoms with E-state index in [4.69, 9.17) is 0 Å². The number of nitrogens with one attached hydrogen (secondary N) is 2. The van der Waals surface area contributed by atoms with Crippen molar-refractivity contribution in [2.45, 2.75) is 46.6 Å². The van der Waals surface area contributed by atoms with Crippen LogP contribution in [0.2, 0.25) is 0 Å². The lowest BCUT2D eigenvalue weighted by Crippen LogP contribution is -2.45. The van der Waals surface area contributed by atoms with Gasteiger partial charge in [-0.15, -0.1) is 0 Å². The Morgan fingerprint density at radius 3 is 2.60 bits per heavy atom.